The van der Waals surface area contributed by atoms with Gasteiger partial charge in [0.1, 0.15) is 0 Å². The Hall–Kier alpha value is -1.31. The molecular weight excluding hydrogens is 172 g/mol. The molecule has 0 aliphatic carbocycles. The molecule has 3 N–H and O–H groups in total. The molecule has 0 spiro atoms. The van der Waals surface area contributed by atoms with Gasteiger partial charge in [-0.3, -0.25) is 5.41 Å². The van der Waals surface area contributed by atoms with Crippen molar-refractivity contribution in [2.45, 2.75) is 33.6 Å². The molecule has 1 rings (SSSR count). The smallest absolute Gasteiger partial charge is 0.0908 e. The van der Waals surface area contributed by atoms with E-state index in [1.807, 2.05) is 0 Å². The topological polar surface area (TPSA) is 49.9 Å². The molecule has 1 aromatic rings. The van der Waals surface area contributed by atoms with Gasteiger partial charge in [-0.15, -0.1) is 0 Å². The fraction of sp³-hybridized carbons (Fsp3) is 0.417. The van der Waals surface area contributed by atoms with Crippen LogP contribution in [0, 0.1) is 26.2 Å². The molecule has 2 nitrogen and oxygen atoms in total. The first-order valence-corrected chi connectivity index (χ1v) is 4.90. The van der Waals surface area contributed by atoms with E-state index in [0.717, 1.165) is 6.42 Å². The third-order valence-corrected chi connectivity index (χ3v) is 2.48. The van der Waals surface area contributed by atoms with Crippen molar-refractivity contribution in [1.29, 1.82) is 5.41 Å². The standard InChI is InChI=1S/C12H18N2/c1-8-6-9(2)11(10(3)7-8)4-5-12(13)14/h6-7H,4-5H2,1-3H3,(H3,13,14). The van der Waals surface area contributed by atoms with E-state index in [4.69, 9.17) is 11.1 Å². The van der Waals surface area contributed by atoms with Gasteiger partial charge in [0, 0.05) is 6.42 Å². The van der Waals surface area contributed by atoms with Crippen LogP contribution in [0.2, 0.25) is 0 Å². The molecule has 0 atom stereocenters. The van der Waals surface area contributed by atoms with Crippen molar-refractivity contribution in [2.24, 2.45) is 5.73 Å². The largest absolute Gasteiger partial charge is 0.388 e. The lowest BCUT2D eigenvalue weighted by molar-refractivity contribution is 0.984. The number of nitrogens with two attached hydrogens (primary N) is 1. The lowest BCUT2D eigenvalue weighted by Gasteiger charge is -2.10. The molecule has 0 heterocycles. The Bertz CT molecular complexity index is 330. The van der Waals surface area contributed by atoms with Crippen molar-refractivity contribution in [2.75, 3.05) is 0 Å². The van der Waals surface area contributed by atoms with Crippen LogP contribution in [-0.4, -0.2) is 5.84 Å². The zero-order valence-corrected chi connectivity index (χ0v) is 9.15. The maximum Gasteiger partial charge on any atom is 0.0908 e. The van der Waals surface area contributed by atoms with E-state index in [1.165, 1.54) is 22.3 Å². The summed E-state index contributed by atoms with van der Waals surface area (Å²) in [6.45, 7) is 6.35. The van der Waals surface area contributed by atoms with Gasteiger partial charge in [-0.25, -0.2) is 0 Å². The maximum absolute atomic E-state index is 7.20. The molecule has 0 radical (unpaired) electrons. The van der Waals surface area contributed by atoms with Gasteiger partial charge >= 0.3 is 0 Å². The summed E-state index contributed by atoms with van der Waals surface area (Å²) in [4.78, 5) is 0. The second kappa shape index (κ2) is 4.27. The SMILES string of the molecule is Cc1cc(C)c(CCC(=N)N)c(C)c1. The van der Waals surface area contributed by atoms with Gasteiger partial charge in [-0.05, 0) is 43.9 Å². The van der Waals surface area contributed by atoms with E-state index in [9.17, 15) is 0 Å². The minimum atomic E-state index is 0.268. The number of aryl methyl sites for hydroxylation is 3. The first kappa shape index (κ1) is 10.8. The molecule has 76 valence electrons. The Balaban J connectivity index is 2.91. The van der Waals surface area contributed by atoms with E-state index < -0.39 is 0 Å². The first-order valence-electron chi connectivity index (χ1n) is 4.90. The molecular formula is C12H18N2. The third-order valence-electron chi connectivity index (χ3n) is 2.48. The maximum atomic E-state index is 7.20. The lowest BCUT2D eigenvalue weighted by Crippen LogP contribution is -2.11. The quantitative estimate of drug-likeness (QED) is 0.558. The van der Waals surface area contributed by atoms with E-state index in [2.05, 4.69) is 32.9 Å². The number of benzene rings is 1. The zero-order valence-electron chi connectivity index (χ0n) is 9.15. The van der Waals surface area contributed by atoms with E-state index in [-0.39, 0.29) is 5.84 Å². The number of hydrogen-bond donors (Lipinski definition) is 2. The van der Waals surface area contributed by atoms with Gasteiger partial charge in [0.05, 0.1) is 5.84 Å². The molecule has 14 heavy (non-hydrogen) atoms. The lowest BCUT2D eigenvalue weighted by atomic mass is 9.96. The van der Waals surface area contributed by atoms with E-state index in [0.29, 0.717) is 6.42 Å². The summed E-state index contributed by atoms with van der Waals surface area (Å²) in [5.74, 6) is 0.268. The number of rotatable bonds is 3. The average molecular weight is 190 g/mol. The molecule has 0 amide bonds. The van der Waals surface area contributed by atoms with Crippen molar-refractivity contribution < 1.29 is 0 Å². The van der Waals surface area contributed by atoms with Crippen LogP contribution < -0.4 is 5.73 Å². The predicted molar refractivity (Wildman–Crippen MR) is 60.9 cm³/mol. The van der Waals surface area contributed by atoms with Crippen LogP contribution in [0.4, 0.5) is 0 Å². The summed E-state index contributed by atoms with van der Waals surface area (Å²) in [6.07, 6.45) is 1.54. The second-order valence-electron chi connectivity index (χ2n) is 3.90. The van der Waals surface area contributed by atoms with Crippen molar-refractivity contribution in [3.8, 4) is 0 Å². The number of nitrogens with one attached hydrogen (secondary N) is 1. The molecule has 0 unspecified atom stereocenters. The van der Waals surface area contributed by atoms with E-state index >= 15 is 0 Å². The molecule has 0 fully saturated rings. The Morgan fingerprint density at radius 2 is 1.71 bits per heavy atom. The summed E-state index contributed by atoms with van der Waals surface area (Å²) in [6, 6.07) is 4.37. The monoisotopic (exact) mass is 190 g/mol. The van der Waals surface area contributed by atoms with Crippen LogP contribution in [0.5, 0.6) is 0 Å². The van der Waals surface area contributed by atoms with Crippen LogP contribution in [0.25, 0.3) is 0 Å². The molecule has 1 aromatic carbocycles. The highest BCUT2D eigenvalue weighted by Gasteiger charge is 2.03. The normalized spacial score (nSPS) is 10.2. The fourth-order valence-electron chi connectivity index (χ4n) is 1.86. The van der Waals surface area contributed by atoms with Crippen LogP contribution in [-0.2, 0) is 6.42 Å². The molecule has 0 aliphatic heterocycles. The van der Waals surface area contributed by atoms with Gasteiger partial charge in [0.25, 0.3) is 0 Å². The van der Waals surface area contributed by atoms with Gasteiger partial charge in [-0.2, -0.15) is 0 Å². The molecule has 0 aliphatic rings. The summed E-state index contributed by atoms with van der Waals surface area (Å²) >= 11 is 0. The van der Waals surface area contributed by atoms with Crippen LogP contribution in [0.1, 0.15) is 28.7 Å². The average Bonchev–Trinajstić information content (AvgIpc) is 2.01. The molecule has 2 heteroatoms. The van der Waals surface area contributed by atoms with Crippen LogP contribution >= 0.6 is 0 Å². The van der Waals surface area contributed by atoms with Crippen molar-refractivity contribution in [3.05, 3.63) is 34.4 Å². The number of hydrogen-bond acceptors (Lipinski definition) is 1. The Kier molecular flexibility index (Phi) is 3.28. The first-order chi connectivity index (χ1) is 6.50. The Morgan fingerprint density at radius 1 is 1.21 bits per heavy atom. The van der Waals surface area contributed by atoms with Crippen molar-refractivity contribution in [1.82, 2.24) is 0 Å². The van der Waals surface area contributed by atoms with Gasteiger partial charge < -0.3 is 5.73 Å². The van der Waals surface area contributed by atoms with Crippen LogP contribution in [0.3, 0.4) is 0 Å². The molecule has 0 aromatic heterocycles. The molecule has 0 bridgehead atoms. The number of amidine groups is 1. The minimum absolute atomic E-state index is 0.268. The predicted octanol–water partition coefficient (Wildman–Crippen LogP) is 2.48. The fourth-order valence-corrected chi connectivity index (χ4v) is 1.86. The van der Waals surface area contributed by atoms with Gasteiger partial charge in [0.15, 0.2) is 0 Å². The summed E-state index contributed by atoms with van der Waals surface area (Å²) in [5, 5.41) is 7.20. The highest BCUT2D eigenvalue weighted by atomic mass is 14.7. The highest BCUT2D eigenvalue weighted by Crippen LogP contribution is 2.17. The summed E-state index contributed by atoms with van der Waals surface area (Å²) in [7, 11) is 0. The van der Waals surface area contributed by atoms with Crippen molar-refractivity contribution >= 4 is 5.84 Å². The Morgan fingerprint density at radius 3 is 2.14 bits per heavy atom. The Labute approximate surface area is 85.6 Å². The third kappa shape index (κ3) is 2.59. The zero-order chi connectivity index (χ0) is 10.7. The highest BCUT2D eigenvalue weighted by molar-refractivity contribution is 5.77. The van der Waals surface area contributed by atoms with Gasteiger partial charge in [-0.1, -0.05) is 17.7 Å². The van der Waals surface area contributed by atoms with Crippen molar-refractivity contribution in [3.63, 3.8) is 0 Å². The summed E-state index contributed by atoms with van der Waals surface area (Å²) in [5.41, 5.74) is 10.6. The second-order valence-corrected chi connectivity index (χ2v) is 3.90. The summed E-state index contributed by atoms with van der Waals surface area (Å²) < 4.78 is 0. The van der Waals surface area contributed by atoms with E-state index in [1.54, 1.807) is 0 Å². The molecule has 0 saturated carbocycles. The minimum Gasteiger partial charge on any atom is -0.388 e. The van der Waals surface area contributed by atoms with Gasteiger partial charge in [0.2, 0.25) is 0 Å². The van der Waals surface area contributed by atoms with Crippen LogP contribution in [0.15, 0.2) is 12.1 Å². The molecule has 0 saturated heterocycles.